The van der Waals surface area contributed by atoms with E-state index in [2.05, 4.69) is 0 Å². The molecular weight excluding hydrogens is 227 g/mol. The highest BCUT2D eigenvalue weighted by atomic mass is 32.1. The van der Waals surface area contributed by atoms with Gasteiger partial charge in [-0.1, -0.05) is 12.1 Å². The van der Waals surface area contributed by atoms with Gasteiger partial charge >= 0.3 is 5.97 Å². The minimum Gasteiger partial charge on any atom is -0.477 e. The number of rotatable bonds is 3. The number of benzene rings is 1. The molecule has 0 fully saturated rings. The predicted molar refractivity (Wildman–Crippen MR) is 60.5 cm³/mol. The highest BCUT2D eigenvalue weighted by Gasteiger charge is 2.07. The second-order valence-electron chi connectivity index (χ2n) is 3.43. The summed E-state index contributed by atoms with van der Waals surface area (Å²) in [5.74, 6) is -1.19. The zero-order valence-corrected chi connectivity index (χ0v) is 9.13. The summed E-state index contributed by atoms with van der Waals surface area (Å²) in [6, 6.07) is 7.94. The molecule has 2 aromatic rings. The summed E-state index contributed by atoms with van der Waals surface area (Å²) in [6.07, 6.45) is 0.557. The fourth-order valence-electron chi connectivity index (χ4n) is 1.46. The fourth-order valence-corrected chi connectivity index (χ4v) is 2.21. The summed E-state index contributed by atoms with van der Waals surface area (Å²) in [6.45, 7) is 0. The monoisotopic (exact) mass is 236 g/mol. The topological polar surface area (TPSA) is 37.3 Å². The molecule has 0 saturated carbocycles. The van der Waals surface area contributed by atoms with Crippen molar-refractivity contribution < 1.29 is 14.3 Å². The normalized spacial score (nSPS) is 10.3. The van der Waals surface area contributed by atoms with Gasteiger partial charge in [0.15, 0.2) is 0 Å². The smallest absolute Gasteiger partial charge is 0.345 e. The number of aromatic carboxylic acids is 1. The lowest BCUT2D eigenvalue weighted by atomic mass is 10.1. The van der Waals surface area contributed by atoms with Crippen LogP contribution in [0.15, 0.2) is 35.7 Å². The number of hydrogen-bond donors (Lipinski definition) is 1. The minimum atomic E-state index is -0.921. The number of hydrogen-bond acceptors (Lipinski definition) is 2. The number of carboxylic acid groups (broad SMARTS) is 1. The van der Waals surface area contributed by atoms with E-state index in [1.165, 1.54) is 23.5 Å². The Kier molecular flexibility index (Phi) is 3.01. The SMILES string of the molecule is O=C(O)c1cc(Cc2cccc(F)c2)cs1. The summed E-state index contributed by atoms with van der Waals surface area (Å²) < 4.78 is 12.9. The summed E-state index contributed by atoms with van der Waals surface area (Å²) in [5.41, 5.74) is 1.74. The molecule has 0 atom stereocenters. The van der Waals surface area contributed by atoms with Crippen molar-refractivity contribution in [1.82, 2.24) is 0 Å². The molecular formula is C12H9FO2S. The Balaban J connectivity index is 2.17. The Morgan fingerprint density at radius 3 is 2.75 bits per heavy atom. The van der Waals surface area contributed by atoms with Crippen molar-refractivity contribution in [2.24, 2.45) is 0 Å². The van der Waals surface area contributed by atoms with E-state index in [1.54, 1.807) is 17.5 Å². The third kappa shape index (κ3) is 2.46. The van der Waals surface area contributed by atoms with E-state index in [0.29, 0.717) is 11.3 Å². The molecule has 0 amide bonds. The van der Waals surface area contributed by atoms with E-state index in [9.17, 15) is 9.18 Å². The molecule has 0 unspecified atom stereocenters. The first-order valence-electron chi connectivity index (χ1n) is 4.70. The molecule has 4 heteroatoms. The van der Waals surface area contributed by atoms with Gasteiger partial charge in [-0.3, -0.25) is 0 Å². The summed E-state index contributed by atoms with van der Waals surface area (Å²) >= 11 is 1.19. The van der Waals surface area contributed by atoms with Crippen LogP contribution in [0.4, 0.5) is 4.39 Å². The van der Waals surface area contributed by atoms with Crippen LogP contribution in [0.5, 0.6) is 0 Å². The van der Waals surface area contributed by atoms with Crippen LogP contribution < -0.4 is 0 Å². The number of halogens is 1. The third-order valence-electron chi connectivity index (χ3n) is 2.16. The Hall–Kier alpha value is -1.68. The Morgan fingerprint density at radius 2 is 2.12 bits per heavy atom. The van der Waals surface area contributed by atoms with E-state index in [0.717, 1.165) is 11.1 Å². The number of thiophene rings is 1. The molecule has 2 nitrogen and oxygen atoms in total. The average Bonchev–Trinajstić information content (AvgIpc) is 2.66. The van der Waals surface area contributed by atoms with E-state index in [4.69, 9.17) is 5.11 Å². The Labute approximate surface area is 96.0 Å². The Bertz CT molecular complexity index is 519. The second kappa shape index (κ2) is 4.45. The predicted octanol–water partition coefficient (Wildman–Crippen LogP) is 3.18. The molecule has 0 aliphatic carbocycles. The van der Waals surface area contributed by atoms with Gasteiger partial charge < -0.3 is 5.11 Å². The van der Waals surface area contributed by atoms with Gasteiger partial charge in [0.05, 0.1) is 0 Å². The van der Waals surface area contributed by atoms with Gasteiger partial charge in [-0.25, -0.2) is 9.18 Å². The van der Waals surface area contributed by atoms with Crippen LogP contribution in [0.1, 0.15) is 20.8 Å². The highest BCUT2D eigenvalue weighted by molar-refractivity contribution is 7.12. The number of carboxylic acids is 1. The number of carbonyl (C=O) groups is 1. The van der Waals surface area contributed by atoms with Crippen LogP contribution in [0, 0.1) is 5.82 Å². The molecule has 2 rings (SSSR count). The van der Waals surface area contributed by atoms with Crippen molar-refractivity contribution in [3.05, 3.63) is 57.5 Å². The van der Waals surface area contributed by atoms with Crippen molar-refractivity contribution in [3.63, 3.8) is 0 Å². The molecule has 1 aromatic heterocycles. The molecule has 82 valence electrons. The molecule has 0 aliphatic rings. The van der Waals surface area contributed by atoms with Gasteiger partial charge in [-0.05, 0) is 41.1 Å². The van der Waals surface area contributed by atoms with Crippen LogP contribution >= 0.6 is 11.3 Å². The van der Waals surface area contributed by atoms with Gasteiger partial charge in [0.1, 0.15) is 10.7 Å². The van der Waals surface area contributed by atoms with Crippen LogP contribution in [0.3, 0.4) is 0 Å². The third-order valence-corrected chi connectivity index (χ3v) is 3.13. The minimum absolute atomic E-state index is 0.272. The summed E-state index contributed by atoms with van der Waals surface area (Å²) in [7, 11) is 0. The summed E-state index contributed by atoms with van der Waals surface area (Å²) in [4.78, 5) is 11.0. The highest BCUT2D eigenvalue weighted by Crippen LogP contribution is 2.18. The van der Waals surface area contributed by atoms with E-state index in [-0.39, 0.29) is 5.82 Å². The fraction of sp³-hybridized carbons (Fsp3) is 0.0833. The maximum Gasteiger partial charge on any atom is 0.345 e. The van der Waals surface area contributed by atoms with Gasteiger partial charge in [-0.15, -0.1) is 11.3 Å². The van der Waals surface area contributed by atoms with Gasteiger partial charge in [-0.2, -0.15) is 0 Å². The van der Waals surface area contributed by atoms with E-state index >= 15 is 0 Å². The zero-order valence-electron chi connectivity index (χ0n) is 8.31. The van der Waals surface area contributed by atoms with Crippen molar-refractivity contribution in [2.45, 2.75) is 6.42 Å². The lowest BCUT2D eigenvalue weighted by molar-refractivity contribution is 0.0702. The Morgan fingerprint density at radius 1 is 1.31 bits per heavy atom. The van der Waals surface area contributed by atoms with Crippen molar-refractivity contribution >= 4 is 17.3 Å². The zero-order chi connectivity index (χ0) is 11.5. The maximum atomic E-state index is 12.9. The quantitative estimate of drug-likeness (QED) is 0.888. The molecule has 0 spiro atoms. The standard InChI is InChI=1S/C12H9FO2S/c13-10-3-1-2-8(5-10)4-9-6-11(12(14)15)16-7-9/h1-3,5-7H,4H2,(H,14,15). The van der Waals surface area contributed by atoms with E-state index in [1.807, 2.05) is 6.07 Å². The van der Waals surface area contributed by atoms with Crippen molar-refractivity contribution in [3.8, 4) is 0 Å². The lowest BCUT2D eigenvalue weighted by Gasteiger charge is -1.98. The van der Waals surface area contributed by atoms with Crippen molar-refractivity contribution in [2.75, 3.05) is 0 Å². The molecule has 1 aromatic carbocycles. The molecule has 0 aliphatic heterocycles. The van der Waals surface area contributed by atoms with Crippen LogP contribution in [0.25, 0.3) is 0 Å². The van der Waals surface area contributed by atoms with Crippen LogP contribution in [-0.4, -0.2) is 11.1 Å². The molecule has 0 bridgehead atoms. The molecule has 1 heterocycles. The largest absolute Gasteiger partial charge is 0.477 e. The molecule has 0 saturated heterocycles. The lowest BCUT2D eigenvalue weighted by Crippen LogP contribution is -1.91. The summed E-state index contributed by atoms with van der Waals surface area (Å²) in [5, 5.41) is 10.5. The first-order valence-corrected chi connectivity index (χ1v) is 5.58. The van der Waals surface area contributed by atoms with Gasteiger partial charge in [0.25, 0.3) is 0 Å². The van der Waals surface area contributed by atoms with Crippen LogP contribution in [-0.2, 0) is 6.42 Å². The van der Waals surface area contributed by atoms with Gasteiger partial charge in [0, 0.05) is 0 Å². The first kappa shape index (κ1) is 10.8. The van der Waals surface area contributed by atoms with E-state index < -0.39 is 5.97 Å². The average molecular weight is 236 g/mol. The second-order valence-corrected chi connectivity index (χ2v) is 4.34. The molecule has 1 N–H and O–H groups in total. The van der Waals surface area contributed by atoms with Gasteiger partial charge in [0.2, 0.25) is 0 Å². The maximum absolute atomic E-state index is 12.9. The first-order chi connectivity index (χ1) is 7.65. The molecule has 16 heavy (non-hydrogen) atoms. The molecule has 0 radical (unpaired) electrons. The van der Waals surface area contributed by atoms with Crippen molar-refractivity contribution in [1.29, 1.82) is 0 Å². The van der Waals surface area contributed by atoms with Crippen LogP contribution in [0.2, 0.25) is 0 Å².